The minimum Gasteiger partial charge on any atom is -0.480 e. The van der Waals surface area contributed by atoms with Gasteiger partial charge in [-0.15, -0.1) is 0 Å². The van der Waals surface area contributed by atoms with Crippen LogP contribution in [0.4, 0.5) is 0 Å². The van der Waals surface area contributed by atoms with Crippen LogP contribution in [0.1, 0.15) is 12.8 Å². The number of carboxylic acid groups (broad SMARTS) is 1. The van der Waals surface area contributed by atoms with Gasteiger partial charge in [0, 0.05) is 0 Å². The van der Waals surface area contributed by atoms with E-state index in [4.69, 9.17) is 16.6 Å². The van der Waals surface area contributed by atoms with Gasteiger partial charge in [-0.3, -0.25) is 9.59 Å². The number of carbonyl (C=O) groups is 2. The summed E-state index contributed by atoms with van der Waals surface area (Å²) < 4.78 is 0. The third-order valence-corrected chi connectivity index (χ3v) is 2.20. The zero-order chi connectivity index (χ0) is 10.4. The molecule has 0 aliphatic heterocycles. The van der Waals surface area contributed by atoms with Crippen molar-refractivity contribution >= 4 is 27.7 Å². The van der Waals surface area contributed by atoms with Crippen molar-refractivity contribution in [1.82, 2.24) is 0 Å². The number of hydrogen-bond acceptors (Lipinski definition) is 4. The van der Waals surface area contributed by atoms with E-state index in [0.717, 1.165) is 0 Å². The monoisotopic (exact) mass is 252 g/mol. The molecule has 0 rings (SSSR count). The summed E-state index contributed by atoms with van der Waals surface area (Å²) in [6, 6.07) is -1.56. The van der Waals surface area contributed by atoms with Gasteiger partial charge >= 0.3 is 5.97 Å². The zero-order valence-corrected chi connectivity index (χ0v) is 8.66. The van der Waals surface area contributed by atoms with Gasteiger partial charge in [-0.1, -0.05) is 15.9 Å². The normalized spacial score (nSPS) is 15.0. The van der Waals surface area contributed by atoms with E-state index in [1.807, 2.05) is 0 Å². The Labute approximate surface area is 84.6 Å². The van der Waals surface area contributed by atoms with E-state index in [1.165, 1.54) is 0 Å². The zero-order valence-electron chi connectivity index (χ0n) is 7.07. The third-order valence-electron chi connectivity index (χ3n) is 1.65. The van der Waals surface area contributed by atoms with Crippen molar-refractivity contribution in [2.75, 3.05) is 5.33 Å². The summed E-state index contributed by atoms with van der Waals surface area (Å²) in [4.78, 5) is 21.2. The molecule has 0 aliphatic carbocycles. The first-order valence-corrected chi connectivity index (χ1v) is 4.93. The average molecular weight is 253 g/mol. The molecule has 6 heteroatoms. The Morgan fingerprint density at radius 2 is 1.69 bits per heavy atom. The Hall–Kier alpha value is -0.460. The number of rotatable bonds is 6. The lowest BCUT2D eigenvalue weighted by Gasteiger charge is -2.10. The van der Waals surface area contributed by atoms with E-state index in [-0.39, 0.29) is 17.5 Å². The summed E-state index contributed by atoms with van der Waals surface area (Å²) in [5, 5.41) is 8.62. The first-order chi connectivity index (χ1) is 5.99. The van der Waals surface area contributed by atoms with Crippen LogP contribution in [0.25, 0.3) is 0 Å². The summed E-state index contributed by atoms with van der Waals surface area (Å²) in [5.41, 5.74) is 10.7. The number of ketones is 1. The van der Waals surface area contributed by atoms with Crippen molar-refractivity contribution in [2.24, 2.45) is 11.5 Å². The summed E-state index contributed by atoms with van der Waals surface area (Å²) in [5.74, 6) is -1.21. The van der Waals surface area contributed by atoms with Gasteiger partial charge in [-0.25, -0.2) is 0 Å². The minimum atomic E-state index is -1.07. The highest BCUT2D eigenvalue weighted by Crippen LogP contribution is 2.01. The second kappa shape index (κ2) is 6.06. The third kappa shape index (κ3) is 4.97. The molecule has 0 radical (unpaired) electrons. The first-order valence-electron chi connectivity index (χ1n) is 3.81. The maximum atomic E-state index is 10.9. The van der Waals surface area contributed by atoms with Gasteiger partial charge in [-0.05, 0) is 12.8 Å². The Morgan fingerprint density at radius 1 is 1.23 bits per heavy atom. The second-order valence-corrected chi connectivity index (χ2v) is 3.29. The van der Waals surface area contributed by atoms with E-state index in [0.29, 0.717) is 6.42 Å². The number of aliphatic carboxylic acids is 1. The predicted octanol–water partition coefficient (Wildman–Crippen LogP) is -0.530. The lowest BCUT2D eigenvalue weighted by Crippen LogP contribution is -2.36. The van der Waals surface area contributed by atoms with Gasteiger partial charge < -0.3 is 16.6 Å². The summed E-state index contributed by atoms with van der Waals surface area (Å²) in [6.07, 6.45) is 0.521. The Bertz CT molecular complexity index is 198. The minimum absolute atomic E-state index is 0.141. The average Bonchev–Trinajstić information content (AvgIpc) is 2.11. The molecule has 2 atom stereocenters. The quantitative estimate of drug-likeness (QED) is 0.551. The molecule has 0 bridgehead atoms. The molecule has 0 aromatic heterocycles. The van der Waals surface area contributed by atoms with E-state index in [9.17, 15) is 9.59 Å². The van der Waals surface area contributed by atoms with Gasteiger partial charge in [0.1, 0.15) is 6.04 Å². The van der Waals surface area contributed by atoms with Gasteiger partial charge in [0.2, 0.25) is 0 Å². The highest BCUT2D eigenvalue weighted by Gasteiger charge is 2.16. The molecule has 0 aliphatic rings. The van der Waals surface area contributed by atoms with Crippen LogP contribution in [0, 0.1) is 0 Å². The van der Waals surface area contributed by atoms with Crippen molar-refractivity contribution in [3.8, 4) is 0 Å². The molecule has 0 spiro atoms. The van der Waals surface area contributed by atoms with Crippen molar-refractivity contribution < 1.29 is 14.7 Å². The highest BCUT2D eigenvalue weighted by molar-refractivity contribution is 9.09. The van der Waals surface area contributed by atoms with Crippen molar-refractivity contribution in [3.63, 3.8) is 0 Å². The molecule has 0 saturated carbocycles. The number of carboxylic acids is 1. The number of Topliss-reactive ketones (excluding diaryl/α,β-unsaturated/α-hetero) is 1. The van der Waals surface area contributed by atoms with Crippen LogP contribution in [-0.2, 0) is 9.59 Å². The Kier molecular flexibility index (Phi) is 5.85. The molecule has 0 amide bonds. The van der Waals surface area contributed by atoms with E-state index in [1.54, 1.807) is 0 Å². The van der Waals surface area contributed by atoms with Crippen molar-refractivity contribution in [3.05, 3.63) is 0 Å². The molecule has 1 unspecified atom stereocenters. The van der Waals surface area contributed by atoms with E-state index < -0.39 is 18.1 Å². The number of alkyl halides is 1. The van der Waals surface area contributed by atoms with E-state index in [2.05, 4.69) is 15.9 Å². The molecule has 0 saturated heterocycles. The summed E-state index contributed by atoms with van der Waals surface area (Å²) in [7, 11) is 0. The fourth-order valence-electron chi connectivity index (χ4n) is 0.743. The molecular formula is C7H13BrN2O3. The number of halogens is 1. The van der Waals surface area contributed by atoms with Crippen LogP contribution >= 0.6 is 15.9 Å². The van der Waals surface area contributed by atoms with Crippen LogP contribution < -0.4 is 11.5 Å². The maximum Gasteiger partial charge on any atom is 0.320 e. The SMILES string of the molecule is NC(CC[C@H](N)C(=O)O)C(=O)CBr. The summed E-state index contributed by atoms with van der Waals surface area (Å²) in [6.45, 7) is 0. The standard InChI is InChI=1S/C7H13BrN2O3/c8-3-6(11)4(9)1-2-5(10)7(12)13/h4-5H,1-3,9-10H2,(H,12,13)/t4?,5-/m0/s1. The van der Waals surface area contributed by atoms with E-state index >= 15 is 0 Å². The molecule has 13 heavy (non-hydrogen) atoms. The molecule has 76 valence electrons. The van der Waals surface area contributed by atoms with Crippen LogP contribution in [-0.4, -0.2) is 34.3 Å². The second-order valence-electron chi connectivity index (χ2n) is 2.73. The van der Waals surface area contributed by atoms with Crippen LogP contribution in [0.5, 0.6) is 0 Å². The largest absolute Gasteiger partial charge is 0.480 e. The van der Waals surface area contributed by atoms with Crippen LogP contribution in [0.15, 0.2) is 0 Å². The Morgan fingerprint density at radius 3 is 2.08 bits per heavy atom. The highest BCUT2D eigenvalue weighted by atomic mass is 79.9. The number of nitrogens with two attached hydrogens (primary N) is 2. The molecule has 0 aromatic rings. The van der Waals surface area contributed by atoms with Crippen molar-refractivity contribution in [2.45, 2.75) is 24.9 Å². The van der Waals surface area contributed by atoms with Gasteiger partial charge in [0.15, 0.2) is 5.78 Å². The Balaban J connectivity index is 3.76. The summed E-state index contributed by atoms with van der Waals surface area (Å²) >= 11 is 2.97. The molecule has 5 N–H and O–H groups in total. The smallest absolute Gasteiger partial charge is 0.320 e. The molecule has 5 nitrogen and oxygen atoms in total. The van der Waals surface area contributed by atoms with Gasteiger partial charge in [-0.2, -0.15) is 0 Å². The fraction of sp³-hybridized carbons (Fsp3) is 0.714. The number of carbonyl (C=O) groups excluding carboxylic acids is 1. The van der Waals surface area contributed by atoms with Crippen molar-refractivity contribution in [1.29, 1.82) is 0 Å². The molecule has 0 fully saturated rings. The molecule has 0 aromatic carbocycles. The topological polar surface area (TPSA) is 106 Å². The molecular weight excluding hydrogens is 240 g/mol. The predicted molar refractivity (Wildman–Crippen MR) is 51.6 cm³/mol. The first kappa shape index (κ1) is 12.5. The lowest BCUT2D eigenvalue weighted by atomic mass is 10.1. The lowest BCUT2D eigenvalue weighted by molar-refractivity contribution is -0.138. The van der Waals surface area contributed by atoms with Gasteiger partial charge in [0.05, 0.1) is 11.4 Å². The van der Waals surface area contributed by atoms with Gasteiger partial charge in [0.25, 0.3) is 0 Å². The van der Waals surface area contributed by atoms with Crippen LogP contribution in [0.2, 0.25) is 0 Å². The van der Waals surface area contributed by atoms with Crippen LogP contribution in [0.3, 0.4) is 0 Å². The fourth-order valence-corrected chi connectivity index (χ4v) is 1.16. The molecule has 0 heterocycles. The number of hydrogen-bond donors (Lipinski definition) is 3. The maximum absolute atomic E-state index is 10.9.